The van der Waals surface area contributed by atoms with Gasteiger partial charge in [-0.3, -0.25) is 9.36 Å². The normalized spacial score (nSPS) is 15.5. The average molecular weight is 372 g/mol. The molecule has 0 bridgehead atoms. The molecule has 7 heteroatoms. The smallest absolute Gasteiger partial charge is 0.233 e. The van der Waals surface area contributed by atoms with E-state index in [0.717, 1.165) is 29.9 Å². The van der Waals surface area contributed by atoms with Gasteiger partial charge in [0.05, 0.1) is 10.9 Å². The number of anilines is 1. The first-order valence-electron chi connectivity index (χ1n) is 9.01. The largest absolute Gasteiger partial charge is 0.352 e. The van der Waals surface area contributed by atoms with Crippen molar-refractivity contribution < 1.29 is 4.79 Å². The molecular weight excluding hydrogens is 346 g/mol. The third-order valence-electron chi connectivity index (χ3n) is 4.34. The van der Waals surface area contributed by atoms with E-state index in [4.69, 9.17) is 0 Å². The van der Waals surface area contributed by atoms with E-state index in [1.165, 1.54) is 31.0 Å². The highest BCUT2D eigenvalue weighted by Gasteiger charge is 2.24. The SMILES string of the molecule is C=CCNC(=O)C(C)Sc1nnc(N2CCCCC2)n1-c1ccccc1. The molecule has 1 N–H and O–H groups in total. The number of rotatable bonds is 7. The summed E-state index contributed by atoms with van der Waals surface area (Å²) >= 11 is 1.42. The Bertz CT molecular complexity index is 740. The van der Waals surface area contributed by atoms with Crippen LogP contribution < -0.4 is 10.2 Å². The van der Waals surface area contributed by atoms with E-state index in [9.17, 15) is 4.79 Å². The molecule has 2 aromatic rings. The van der Waals surface area contributed by atoms with Gasteiger partial charge in [0.25, 0.3) is 0 Å². The summed E-state index contributed by atoms with van der Waals surface area (Å²) in [6.07, 6.45) is 5.28. The Balaban J connectivity index is 1.88. The molecule has 1 aliphatic rings. The number of hydrogen-bond acceptors (Lipinski definition) is 5. The summed E-state index contributed by atoms with van der Waals surface area (Å²) in [6, 6.07) is 10.1. The maximum atomic E-state index is 12.2. The molecule has 138 valence electrons. The van der Waals surface area contributed by atoms with Gasteiger partial charge in [-0.05, 0) is 38.3 Å². The van der Waals surface area contributed by atoms with Gasteiger partial charge in [0, 0.05) is 19.6 Å². The Morgan fingerprint density at radius 1 is 1.27 bits per heavy atom. The lowest BCUT2D eigenvalue weighted by Crippen LogP contribution is -2.32. The fraction of sp³-hybridized carbons (Fsp3) is 0.421. The monoisotopic (exact) mass is 371 g/mol. The van der Waals surface area contributed by atoms with Crippen LogP contribution in [0, 0.1) is 0 Å². The molecule has 0 radical (unpaired) electrons. The van der Waals surface area contributed by atoms with Gasteiger partial charge in [-0.1, -0.05) is 36.0 Å². The molecule has 0 aliphatic carbocycles. The number of para-hydroxylation sites is 1. The van der Waals surface area contributed by atoms with E-state index in [-0.39, 0.29) is 11.2 Å². The van der Waals surface area contributed by atoms with E-state index < -0.39 is 0 Å². The van der Waals surface area contributed by atoms with E-state index in [1.807, 2.05) is 37.3 Å². The maximum absolute atomic E-state index is 12.2. The molecule has 1 aromatic heterocycles. The lowest BCUT2D eigenvalue weighted by Gasteiger charge is -2.28. The Hall–Kier alpha value is -2.28. The molecule has 3 rings (SSSR count). The minimum atomic E-state index is -0.268. The zero-order valence-corrected chi connectivity index (χ0v) is 15.9. The molecule has 6 nitrogen and oxygen atoms in total. The lowest BCUT2D eigenvalue weighted by molar-refractivity contribution is -0.120. The third-order valence-corrected chi connectivity index (χ3v) is 5.38. The summed E-state index contributed by atoms with van der Waals surface area (Å²) in [5, 5.41) is 12.2. The van der Waals surface area contributed by atoms with Gasteiger partial charge in [0.1, 0.15) is 0 Å². The molecule has 1 saturated heterocycles. The quantitative estimate of drug-likeness (QED) is 0.599. The third kappa shape index (κ3) is 4.27. The van der Waals surface area contributed by atoms with Crippen molar-refractivity contribution in [2.45, 2.75) is 36.6 Å². The average Bonchev–Trinajstić information content (AvgIpc) is 3.10. The molecule has 1 aromatic carbocycles. The number of nitrogens with zero attached hydrogens (tertiary/aromatic N) is 4. The van der Waals surface area contributed by atoms with E-state index >= 15 is 0 Å². The Labute approximate surface area is 158 Å². The summed E-state index contributed by atoms with van der Waals surface area (Å²) in [7, 11) is 0. The van der Waals surface area contributed by atoms with E-state index in [0.29, 0.717) is 6.54 Å². The van der Waals surface area contributed by atoms with Crippen LogP contribution >= 0.6 is 11.8 Å². The molecule has 1 aliphatic heterocycles. The number of aromatic nitrogens is 3. The predicted octanol–water partition coefficient (Wildman–Crippen LogP) is 3.04. The van der Waals surface area contributed by atoms with Crippen LogP contribution in [0.15, 0.2) is 48.1 Å². The molecule has 26 heavy (non-hydrogen) atoms. The van der Waals surface area contributed by atoms with Crippen molar-refractivity contribution in [1.29, 1.82) is 0 Å². The molecule has 1 unspecified atom stereocenters. The first-order valence-corrected chi connectivity index (χ1v) is 9.89. The Kier molecular flexibility index (Phi) is 6.33. The summed E-state index contributed by atoms with van der Waals surface area (Å²) in [5.74, 6) is 0.828. The highest BCUT2D eigenvalue weighted by atomic mass is 32.2. The second-order valence-corrected chi connectivity index (χ2v) is 7.60. The minimum Gasteiger partial charge on any atom is -0.352 e. The summed E-state index contributed by atoms with van der Waals surface area (Å²) in [4.78, 5) is 14.5. The van der Waals surface area contributed by atoms with Crippen molar-refractivity contribution in [3.63, 3.8) is 0 Å². The van der Waals surface area contributed by atoms with Gasteiger partial charge in [-0.25, -0.2) is 0 Å². The van der Waals surface area contributed by atoms with Crippen LogP contribution in [0.3, 0.4) is 0 Å². The first-order chi connectivity index (χ1) is 12.7. The number of thioether (sulfide) groups is 1. The lowest BCUT2D eigenvalue weighted by atomic mass is 10.1. The van der Waals surface area contributed by atoms with Crippen molar-refractivity contribution in [1.82, 2.24) is 20.1 Å². The number of amides is 1. The first kappa shape index (κ1) is 18.5. The van der Waals surface area contributed by atoms with E-state index in [2.05, 4.69) is 31.6 Å². The highest BCUT2D eigenvalue weighted by molar-refractivity contribution is 8.00. The van der Waals surface area contributed by atoms with Crippen molar-refractivity contribution in [2.24, 2.45) is 0 Å². The van der Waals surface area contributed by atoms with Crippen LogP contribution in [0.1, 0.15) is 26.2 Å². The van der Waals surface area contributed by atoms with Gasteiger partial charge in [0.15, 0.2) is 5.16 Å². The topological polar surface area (TPSA) is 63.1 Å². The van der Waals surface area contributed by atoms with Crippen molar-refractivity contribution in [2.75, 3.05) is 24.5 Å². The van der Waals surface area contributed by atoms with Crippen LogP contribution in [0.25, 0.3) is 5.69 Å². The molecule has 2 heterocycles. The van der Waals surface area contributed by atoms with Crippen LogP contribution in [0.5, 0.6) is 0 Å². The fourth-order valence-electron chi connectivity index (χ4n) is 2.97. The van der Waals surface area contributed by atoms with Crippen LogP contribution in [0.2, 0.25) is 0 Å². The number of nitrogens with one attached hydrogen (secondary N) is 1. The second-order valence-electron chi connectivity index (χ2n) is 6.30. The minimum absolute atomic E-state index is 0.0305. The van der Waals surface area contributed by atoms with Gasteiger partial charge in [-0.15, -0.1) is 16.8 Å². The van der Waals surface area contributed by atoms with Gasteiger partial charge in [0.2, 0.25) is 11.9 Å². The molecule has 0 spiro atoms. The van der Waals surface area contributed by atoms with Crippen LogP contribution in [0.4, 0.5) is 5.95 Å². The molecule has 1 atom stereocenters. The molecular formula is C19H25N5OS. The van der Waals surface area contributed by atoms with Crippen LogP contribution in [-0.4, -0.2) is 45.6 Å². The molecule has 0 saturated carbocycles. The summed E-state index contributed by atoms with van der Waals surface area (Å²) in [6.45, 7) is 7.96. The van der Waals surface area contributed by atoms with Crippen molar-refractivity contribution in [3.05, 3.63) is 43.0 Å². The Morgan fingerprint density at radius 2 is 2.00 bits per heavy atom. The number of piperidine rings is 1. The van der Waals surface area contributed by atoms with Gasteiger partial charge < -0.3 is 10.2 Å². The second kappa shape index (κ2) is 8.89. The maximum Gasteiger partial charge on any atom is 0.233 e. The van der Waals surface area contributed by atoms with Gasteiger partial charge in [-0.2, -0.15) is 0 Å². The number of benzene rings is 1. The summed E-state index contributed by atoms with van der Waals surface area (Å²) < 4.78 is 2.06. The van der Waals surface area contributed by atoms with E-state index in [1.54, 1.807) is 6.08 Å². The number of carbonyl (C=O) groups excluding carboxylic acids is 1. The standard InChI is InChI=1S/C19H25N5OS/c1-3-12-20-17(25)15(2)26-19-22-21-18(23-13-8-5-9-14-23)24(19)16-10-6-4-7-11-16/h3-4,6-7,10-11,15H,1,5,8-9,12-14H2,2H3,(H,20,25). The van der Waals surface area contributed by atoms with Crippen molar-refractivity contribution in [3.8, 4) is 5.69 Å². The highest BCUT2D eigenvalue weighted by Crippen LogP contribution is 2.30. The Morgan fingerprint density at radius 3 is 2.69 bits per heavy atom. The van der Waals surface area contributed by atoms with Gasteiger partial charge >= 0.3 is 0 Å². The van der Waals surface area contributed by atoms with Crippen LogP contribution in [-0.2, 0) is 4.79 Å². The van der Waals surface area contributed by atoms with Crippen molar-refractivity contribution >= 4 is 23.6 Å². The zero-order valence-electron chi connectivity index (χ0n) is 15.1. The number of carbonyl (C=O) groups is 1. The number of hydrogen-bond donors (Lipinski definition) is 1. The zero-order chi connectivity index (χ0) is 18.4. The fourth-order valence-corrected chi connectivity index (χ4v) is 3.86. The molecule has 1 fully saturated rings. The predicted molar refractivity (Wildman–Crippen MR) is 106 cm³/mol. The summed E-state index contributed by atoms with van der Waals surface area (Å²) in [5.41, 5.74) is 1.01. The molecule has 1 amide bonds.